The van der Waals surface area contributed by atoms with Crippen LogP contribution in [-0.2, 0) is 16.8 Å². The summed E-state index contributed by atoms with van der Waals surface area (Å²) in [6.07, 6.45) is 1.40. The van der Waals surface area contributed by atoms with Crippen molar-refractivity contribution >= 4 is 5.71 Å². The molecule has 4 rings (SSSR count). The first-order valence-electron chi connectivity index (χ1n) is 7.36. The van der Waals surface area contributed by atoms with Gasteiger partial charge in [0, 0.05) is 12.8 Å². The van der Waals surface area contributed by atoms with Crippen molar-refractivity contribution in [2.24, 2.45) is 0 Å². The Labute approximate surface area is 121 Å². The van der Waals surface area contributed by atoms with Crippen molar-refractivity contribution in [2.75, 3.05) is 26.3 Å². The average molecular weight is 295 g/mol. The first-order valence-corrected chi connectivity index (χ1v) is 7.36. The molecule has 3 aliphatic rings. The molecule has 2 atom stereocenters. The minimum atomic E-state index is -1.34. The molecule has 3 heterocycles. The molecule has 2 aliphatic heterocycles. The summed E-state index contributed by atoms with van der Waals surface area (Å²) in [5, 5.41) is 31.7. The number of hydrogen-bond donors (Lipinski definition) is 2. The van der Waals surface area contributed by atoms with Crippen molar-refractivity contribution < 1.29 is 24.1 Å². The summed E-state index contributed by atoms with van der Waals surface area (Å²) in [7, 11) is 0. The van der Waals surface area contributed by atoms with Crippen molar-refractivity contribution in [3.05, 3.63) is 16.6 Å². The van der Waals surface area contributed by atoms with E-state index in [4.69, 9.17) is 9.37 Å². The largest absolute Gasteiger partial charge is 0.619 e. The maximum atomic E-state index is 12.9. The van der Waals surface area contributed by atoms with Crippen LogP contribution < -0.4 is 4.90 Å². The molecule has 0 bridgehead atoms. The summed E-state index contributed by atoms with van der Waals surface area (Å²) in [4.78, 5) is 1.15. The van der Waals surface area contributed by atoms with Crippen molar-refractivity contribution in [3.63, 3.8) is 0 Å². The van der Waals surface area contributed by atoms with Crippen LogP contribution in [0.4, 0.5) is 0 Å². The van der Waals surface area contributed by atoms with Gasteiger partial charge in [0.2, 0.25) is 11.3 Å². The second-order valence-electron chi connectivity index (χ2n) is 6.33. The number of aliphatic hydroxyl groups is 1. The van der Waals surface area contributed by atoms with E-state index >= 15 is 0 Å². The molecule has 8 nitrogen and oxygen atoms in total. The van der Waals surface area contributed by atoms with E-state index in [-0.39, 0.29) is 0 Å². The van der Waals surface area contributed by atoms with Crippen LogP contribution in [0.5, 0.6) is 0 Å². The van der Waals surface area contributed by atoms with E-state index < -0.39 is 11.3 Å². The molecule has 0 radical (unpaired) electrons. The molecule has 0 amide bonds. The maximum absolute atomic E-state index is 12.9. The summed E-state index contributed by atoms with van der Waals surface area (Å²) in [6, 6.07) is 0. The summed E-state index contributed by atoms with van der Waals surface area (Å²) in [6.45, 7) is 4.73. The molecule has 1 saturated heterocycles. The number of ether oxygens (including phenoxy) is 1. The Balaban J connectivity index is 1.77. The van der Waals surface area contributed by atoms with Gasteiger partial charge in [-0.2, -0.15) is 4.74 Å². The fourth-order valence-corrected chi connectivity index (χ4v) is 4.01. The zero-order valence-electron chi connectivity index (χ0n) is 12.0. The van der Waals surface area contributed by atoms with Gasteiger partial charge in [-0.05, 0) is 0 Å². The number of aromatic nitrogens is 2. The number of rotatable bonds is 1. The Morgan fingerprint density at radius 1 is 1.29 bits per heavy atom. The van der Waals surface area contributed by atoms with E-state index in [1.165, 1.54) is 0 Å². The van der Waals surface area contributed by atoms with Crippen LogP contribution in [0.25, 0.3) is 0 Å². The average Bonchev–Trinajstić information content (AvgIpc) is 3.04. The van der Waals surface area contributed by atoms with E-state index in [1.54, 1.807) is 0 Å². The van der Waals surface area contributed by atoms with Crippen LogP contribution in [0.3, 0.4) is 0 Å². The third-order valence-corrected chi connectivity index (χ3v) is 5.18. The molecule has 1 aliphatic carbocycles. The van der Waals surface area contributed by atoms with Crippen molar-refractivity contribution in [1.82, 2.24) is 10.3 Å². The quantitative estimate of drug-likeness (QED) is 0.468. The first kappa shape index (κ1) is 13.2. The van der Waals surface area contributed by atoms with E-state index in [9.17, 15) is 10.3 Å². The lowest BCUT2D eigenvalue weighted by Crippen LogP contribution is -3.22. The normalized spacial score (nSPS) is 36.7. The topological polar surface area (TPSA) is 98.9 Å². The highest BCUT2D eigenvalue weighted by molar-refractivity contribution is 5.92. The van der Waals surface area contributed by atoms with Crippen LogP contribution >= 0.6 is 0 Å². The van der Waals surface area contributed by atoms with Gasteiger partial charge in [-0.25, -0.2) is 4.63 Å². The standard InChI is InChI=1S/C13H18N4O4/c1-12(16-4-6-20-7-5-16)8-13(18)10(17(12)19)3-2-9-11(13)15-21-14-9/h18H,2-8H2,1H3/p+1/t12-,13-/m0/s1. The lowest BCUT2D eigenvalue weighted by Gasteiger charge is -2.35. The number of nitrogens with one attached hydrogen (secondary N) is 1. The van der Waals surface area contributed by atoms with Crippen LogP contribution in [-0.4, -0.2) is 57.8 Å². The number of aryl methyl sites for hydroxylation is 1. The van der Waals surface area contributed by atoms with Crippen LogP contribution in [0.15, 0.2) is 4.63 Å². The first-order chi connectivity index (χ1) is 10.1. The number of morpholine rings is 1. The van der Waals surface area contributed by atoms with Crippen LogP contribution in [0, 0.1) is 5.21 Å². The maximum Gasteiger partial charge on any atom is 0.298 e. The van der Waals surface area contributed by atoms with Crippen LogP contribution in [0.2, 0.25) is 0 Å². The smallest absolute Gasteiger partial charge is 0.298 e. The van der Waals surface area contributed by atoms with Crippen LogP contribution in [0.1, 0.15) is 31.2 Å². The molecule has 114 valence electrons. The van der Waals surface area contributed by atoms with Gasteiger partial charge >= 0.3 is 0 Å². The fraction of sp³-hybridized carbons (Fsp3) is 0.769. The summed E-state index contributed by atoms with van der Waals surface area (Å²) in [5.41, 5.74) is -0.465. The Kier molecular flexibility index (Phi) is 2.66. The number of fused-ring (bicyclic) bond motifs is 3. The predicted molar refractivity (Wildman–Crippen MR) is 69.7 cm³/mol. The second-order valence-corrected chi connectivity index (χ2v) is 6.33. The van der Waals surface area contributed by atoms with Gasteiger partial charge in [0.05, 0.1) is 20.1 Å². The lowest BCUT2D eigenvalue weighted by atomic mass is 9.81. The van der Waals surface area contributed by atoms with Gasteiger partial charge in [-0.15, -0.1) is 0 Å². The second kappa shape index (κ2) is 4.25. The highest BCUT2D eigenvalue weighted by atomic mass is 16.6. The molecule has 1 fully saturated rings. The highest BCUT2D eigenvalue weighted by Gasteiger charge is 2.65. The molecule has 0 spiro atoms. The van der Waals surface area contributed by atoms with E-state index in [0.29, 0.717) is 49.6 Å². The molecular weight excluding hydrogens is 276 g/mol. The number of quaternary nitrogens is 1. The zero-order chi connectivity index (χ0) is 14.7. The Morgan fingerprint density at radius 3 is 2.81 bits per heavy atom. The van der Waals surface area contributed by atoms with E-state index in [2.05, 4.69) is 10.3 Å². The highest BCUT2D eigenvalue weighted by Crippen LogP contribution is 2.41. The monoisotopic (exact) mass is 295 g/mol. The van der Waals surface area contributed by atoms with E-state index in [1.807, 2.05) is 6.92 Å². The van der Waals surface area contributed by atoms with Gasteiger partial charge in [0.15, 0.2) is 5.69 Å². The Morgan fingerprint density at radius 2 is 2.05 bits per heavy atom. The summed E-state index contributed by atoms with van der Waals surface area (Å²) in [5.74, 6) is 0. The van der Waals surface area contributed by atoms with Crippen molar-refractivity contribution in [2.45, 2.75) is 37.5 Å². The zero-order valence-corrected chi connectivity index (χ0v) is 12.0. The fourth-order valence-electron chi connectivity index (χ4n) is 4.01. The van der Waals surface area contributed by atoms with Gasteiger partial charge in [0.25, 0.3) is 5.66 Å². The molecule has 0 aromatic carbocycles. The SMILES string of the molecule is C[C@@]1([NH+]2CCOCC2)C[C@]2(O)C(=[N+]1[O-])CCc1nonc12. The van der Waals surface area contributed by atoms with Gasteiger partial charge in [0.1, 0.15) is 25.2 Å². The molecule has 1 aromatic rings. The lowest BCUT2D eigenvalue weighted by molar-refractivity contribution is -1.04. The molecule has 0 saturated carbocycles. The number of nitrogens with zero attached hydrogens (tertiary/aromatic N) is 3. The summed E-state index contributed by atoms with van der Waals surface area (Å²) >= 11 is 0. The summed E-state index contributed by atoms with van der Waals surface area (Å²) < 4.78 is 11.2. The Bertz CT molecular complexity index is 609. The molecule has 8 heteroatoms. The molecule has 2 N–H and O–H groups in total. The van der Waals surface area contributed by atoms with E-state index in [0.717, 1.165) is 22.7 Å². The van der Waals surface area contributed by atoms with Gasteiger partial charge < -0.3 is 15.1 Å². The number of hydroxylamine groups is 1. The minimum absolute atomic E-state index is 0.315. The third kappa shape index (κ3) is 1.63. The van der Waals surface area contributed by atoms with Crippen molar-refractivity contribution in [3.8, 4) is 0 Å². The molecule has 1 aromatic heterocycles. The Hall–Kier alpha value is -1.51. The predicted octanol–water partition coefficient (Wildman–Crippen LogP) is -1.81. The number of hydrogen-bond acceptors (Lipinski definition) is 6. The van der Waals surface area contributed by atoms with Gasteiger partial charge in [-0.1, -0.05) is 10.3 Å². The molecular formula is C13H19N4O4+. The minimum Gasteiger partial charge on any atom is -0.619 e. The molecule has 0 unspecified atom stereocenters. The van der Waals surface area contributed by atoms with Crippen molar-refractivity contribution in [1.29, 1.82) is 0 Å². The third-order valence-electron chi connectivity index (χ3n) is 5.18. The van der Waals surface area contributed by atoms with Gasteiger partial charge in [-0.3, -0.25) is 4.90 Å². The molecule has 21 heavy (non-hydrogen) atoms.